The van der Waals surface area contributed by atoms with Crippen LogP contribution in [-0.2, 0) is 7.05 Å². The van der Waals surface area contributed by atoms with Crippen molar-refractivity contribution in [3.63, 3.8) is 0 Å². The molecule has 0 aliphatic heterocycles. The molecule has 0 saturated carbocycles. The van der Waals surface area contributed by atoms with Gasteiger partial charge in [0.05, 0.1) is 0 Å². The van der Waals surface area contributed by atoms with E-state index < -0.39 is 11.1 Å². The highest BCUT2D eigenvalue weighted by Gasteiger charge is 2.22. The third-order valence-electron chi connectivity index (χ3n) is 2.24. The van der Waals surface area contributed by atoms with Crippen molar-refractivity contribution in [3.05, 3.63) is 17.2 Å². The second-order valence-corrected chi connectivity index (χ2v) is 4.45. The summed E-state index contributed by atoms with van der Waals surface area (Å²) < 4.78 is 1.54. The molecular formula is C8H11N7O3S. The number of H-pyrrole nitrogens is 1. The minimum absolute atomic E-state index is 0.0987. The molecular weight excluding hydrogens is 274 g/mol. The van der Waals surface area contributed by atoms with Crippen LogP contribution in [-0.4, -0.2) is 43.1 Å². The zero-order valence-corrected chi connectivity index (χ0v) is 10.9. The van der Waals surface area contributed by atoms with Gasteiger partial charge in [-0.15, -0.1) is 10.2 Å². The zero-order chi connectivity index (χ0) is 14.0. The zero-order valence-electron chi connectivity index (χ0n) is 10.0. The lowest BCUT2D eigenvalue weighted by molar-refractivity contribution is -0.994. The molecule has 19 heavy (non-hydrogen) atoms. The first-order valence-corrected chi connectivity index (χ1v) is 5.91. The lowest BCUT2D eigenvalue weighted by Crippen LogP contribution is -2.99. The highest BCUT2D eigenvalue weighted by atomic mass is 32.2. The second kappa shape index (κ2) is 5.36. The van der Waals surface area contributed by atoms with Crippen LogP contribution < -0.4 is 10.5 Å². The number of hydrogen-bond acceptors (Lipinski definition) is 7. The van der Waals surface area contributed by atoms with Crippen LogP contribution in [0.3, 0.4) is 0 Å². The molecule has 10 nitrogen and oxygen atoms in total. The van der Waals surface area contributed by atoms with Crippen LogP contribution in [0, 0.1) is 5.21 Å². The molecule has 1 amide bonds. The van der Waals surface area contributed by atoms with E-state index in [9.17, 15) is 10.0 Å². The lowest BCUT2D eigenvalue weighted by Gasteiger charge is -2.10. The molecule has 1 atom stereocenters. The van der Waals surface area contributed by atoms with Crippen molar-refractivity contribution in [1.82, 2.24) is 30.3 Å². The van der Waals surface area contributed by atoms with Gasteiger partial charge in [-0.3, -0.25) is 4.79 Å². The molecule has 2 rings (SSSR count). The van der Waals surface area contributed by atoms with Gasteiger partial charge in [0.2, 0.25) is 0 Å². The maximum absolute atomic E-state index is 11.5. The highest BCUT2D eigenvalue weighted by molar-refractivity contribution is 7.99. The van der Waals surface area contributed by atoms with E-state index in [2.05, 4.69) is 25.7 Å². The standard InChI is InChI=1S/C8H11N7O3S/c1-9-6(16)4-7(12-13-11-4)19-8-5(15(17)18)10-3-14(8)2/h3,15,17H,1-2H3,(H,9,16)(H,11,12,13). The summed E-state index contributed by atoms with van der Waals surface area (Å²) >= 11 is 1.01. The Kier molecular flexibility index (Phi) is 3.80. The third kappa shape index (κ3) is 2.58. The molecule has 0 radical (unpaired) electrons. The Morgan fingerprint density at radius 1 is 1.63 bits per heavy atom. The molecule has 2 aromatic heterocycles. The van der Waals surface area contributed by atoms with Gasteiger partial charge in [-0.25, -0.2) is 5.21 Å². The Hall–Kier alpha value is -1.95. The van der Waals surface area contributed by atoms with Gasteiger partial charge in [-0.1, -0.05) is 0 Å². The molecule has 2 aromatic rings. The summed E-state index contributed by atoms with van der Waals surface area (Å²) in [5.41, 5.74) is 0.102. The van der Waals surface area contributed by atoms with Crippen LogP contribution in [0.2, 0.25) is 0 Å². The van der Waals surface area contributed by atoms with E-state index in [0.717, 1.165) is 11.8 Å². The van der Waals surface area contributed by atoms with Crippen molar-refractivity contribution in [2.75, 3.05) is 7.05 Å². The van der Waals surface area contributed by atoms with Crippen LogP contribution in [0.25, 0.3) is 0 Å². The average molecular weight is 285 g/mol. The third-order valence-corrected chi connectivity index (χ3v) is 3.39. The van der Waals surface area contributed by atoms with Gasteiger partial charge in [0.25, 0.3) is 11.7 Å². The minimum Gasteiger partial charge on any atom is -0.594 e. The number of nitrogens with one attached hydrogen (secondary N) is 3. The van der Waals surface area contributed by atoms with Crippen molar-refractivity contribution >= 4 is 23.5 Å². The highest BCUT2D eigenvalue weighted by Crippen LogP contribution is 2.30. The monoisotopic (exact) mass is 285 g/mol. The van der Waals surface area contributed by atoms with E-state index in [1.54, 1.807) is 7.05 Å². The second-order valence-electron chi connectivity index (χ2n) is 3.47. The first-order chi connectivity index (χ1) is 9.04. The number of rotatable bonds is 4. The molecule has 1 unspecified atom stereocenters. The van der Waals surface area contributed by atoms with E-state index in [4.69, 9.17) is 5.21 Å². The normalized spacial score (nSPS) is 12.4. The van der Waals surface area contributed by atoms with Gasteiger partial charge in [0.15, 0.2) is 15.7 Å². The van der Waals surface area contributed by atoms with Gasteiger partial charge in [0, 0.05) is 14.1 Å². The number of aryl methyl sites for hydroxylation is 1. The number of imidazole rings is 1. The van der Waals surface area contributed by atoms with Gasteiger partial charge in [-0.05, 0) is 11.8 Å². The lowest BCUT2D eigenvalue weighted by atomic mass is 10.4. The van der Waals surface area contributed by atoms with Crippen LogP contribution >= 0.6 is 11.8 Å². The van der Waals surface area contributed by atoms with E-state index in [-0.39, 0.29) is 16.5 Å². The minimum atomic E-state index is -1.15. The maximum atomic E-state index is 11.5. The first-order valence-electron chi connectivity index (χ1n) is 5.10. The fourth-order valence-corrected chi connectivity index (χ4v) is 2.27. The Morgan fingerprint density at radius 2 is 2.37 bits per heavy atom. The number of carbonyl (C=O) groups excluding carboxylic acids is 1. The number of aromatic amines is 1. The molecule has 0 aliphatic carbocycles. The number of amides is 1. The van der Waals surface area contributed by atoms with Crippen LogP contribution in [0.15, 0.2) is 16.4 Å². The molecule has 0 saturated heterocycles. The molecule has 0 spiro atoms. The summed E-state index contributed by atoms with van der Waals surface area (Å²) in [6.45, 7) is 0. The maximum Gasteiger partial charge on any atom is 0.291 e. The van der Waals surface area contributed by atoms with Crippen molar-refractivity contribution in [2.24, 2.45) is 7.05 Å². The average Bonchev–Trinajstić information content (AvgIpc) is 2.97. The molecule has 0 bridgehead atoms. The summed E-state index contributed by atoms with van der Waals surface area (Å²) in [5, 5.41) is 31.9. The largest absolute Gasteiger partial charge is 0.594 e. The van der Waals surface area contributed by atoms with E-state index in [1.165, 1.54) is 17.9 Å². The predicted molar refractivity (Wildman–Crippen MR) is 62.9 cm³/mol. The molecule has 11 heteroatoms. The summed E-state index contributed by atoms with van der Waals surface area (Å²) in [7, 11) is 3.12. The number of carbonyl (C=O) groups is 1. The summed E-state index contributed by atoms with van der Waals surface area (Å²) in [5.74, 6) is -0.506. The van der Waals surface area contributed by atoms with Crippen molar-refractivity contribution in [1.29, 1.82) is 0 Å². The van der Waals surface area contributed by atoms with Crippen LogP contribution in [0.1, 0.15) is 10.5 Å². The predicted octanol–water partition coefficient (Wildman–Crippen LogP) is -1.55. The molecule has 0 aromatic carbocycles. The number of hydrogen-bond donors (Lipinski definition) is 4. The van der Waals surface area contributed by atoms with Crippen molar-refractivity contribution < 1.29 is 15.2 Å². The number of aromatic nitrogens is 5. The number of quaternary nitrogens is 1. The molecule has 0 fully saturated rings. The molecule has 4 N–H and O–H groups in total. The Bertz CT molecular complexity index is 593. The Labute approximate surface area is 111 Å². The molecule has 0 aliphatic rings. The van der Waals surface area contributed by atoms with Crippen LogP contribution in [0.5, 0.6) is 0 Å². The van der Waals surface area contributed by atoms with E-state index in [0.29, 0.717) is 5.03 Å². The summed E-state index contributed by atoms with van der Waals surface area (Å²) in [6.07, 6.45) is 1.38. The van der Waals surface area contributed by atoms with E-state index in [1.807, 2.05) is 0 Å². The van der Waals surface area contributed by atoms with Crippen molar-refractivity contribution in [2.45, 2.75) is 10.1 Å². The van der Waals surface area contributed by atoms with Crippen LogP contribution in [0.4, 0.5) is 5.82 Å². The van der Waals surface area contributed by atoms with Crippen molar-refractivity contribution in [3.8, 4) is 0 Å². The quantitative estimate of drug-likeness (QED) is 0.499. The fourth-order valence-electron chi connectivity index (χ4n) is 1.34. The first kappa shape index (κ1) is 13.5. The van der Waals surface area contributed by atoms with E-state index >= 15 is 0 Å². The van der Waals surface area contributed by atoms with Gasteiger partial charge in [0.1, 0.15) is 6.33 Å². The SMILES string of the molecule is CNC(=O)c1n[nH]nc1Sc1c([NH+]([O-])O)ncn1C. The fraction of sp³-hybridized carbons (Fsp3) is 0.250. The Balaban J connectivity index is 2.34. The number of nitrogens with zero attached hydrogens (tertiary/aromatic N) is 4. The van der Waals surface area contributed by atoms with Gasteiger partial charge >= 0.3 is 0 Å². The smallest absolute Gasteiger partial charge is 0.291 e. The molecule has 102 valence electrons. The summed E-state index contributed by atoms with van der Waals surface area (Å²) in [6, 6.07) is 0. The Morgan fingerprint density at radius 3 is 3.00 bits per heavy atom. The van der Waals surface area contributed by atoms with Gasteiger partial charge < -0.3 is 15.1 Å². The van der Waals surface area contributed by atoms with Gasteiger partial charge in [-0.2, -0.15) is 15.4 Å². The summed E-state index contributed by atoms with van der Waals surface area (Å²) in [4.78, 5) is 15.3. The topological polar surface area (TPSA) is 136 Å². The molecule has 2 heterocycles.